The summed E-state index contributed by atoms with van der Waals surface area (Å²) < 4.78 is 17.3. The lowest BCUT2D eigenvalue weighted by Gasteiger charge is -2.32. The van der Waals surface area contributed by atoms with E-state index in [2.05, 4.69) is 12.2 Å². The van der Waals surface area contributed by atoms with Crippen molar-refractivity contribution >= 4 is 17.8 Å². The molecule has 0 aliphatic rings. The van der Waals surface area contributed by atoms with Crippen molar-refractivity contribution in [3.63, 3.8) is 0 Å². The van der Waals surface area contributed by atoms with Crippen LogP contribution in [0.1, 0.15) is 147 Å². The molecule has 284 valence electrons. The maximum Gasteiger partial charge on any atom is 0.306 e. The van der Waals surface area contributed by atoms with Crippen molar-refractivity contribution in [1.82, 2.24) is 5.32 Å². The first-order valence-corrected chi connectivity index (χ1v) is 19.3. The molecule has 0 spiro atoms. The average molecular weight is 708 g/mol. The molecule has 0 aromatic heterocycles. The number of ether oxygens (including phenoxy) is 3. The van der Waals surface area contributed by atoms with Crippen LogP contribution in [-0.2, 0) is 25.5 Å². The molecule has 2 N–H and O–H groups in total. The van der Waals surface area contributed by atoms with Gasteiger partial charge in [0.1, 0.15) is 24.6 Å². The van der Waals surface area contributed by atoms with Gasteiger partial charge in [0, 0.05) is 31.9 Å². The van der Waals surface area contributed by atoms with Crippen LogP contribution in [-0.4, -0.2) is 53.9 Å². The zero-order valence-electron chi connectivity index (χ0n) is 32.1. The second kappa shape index (κ2) is 25.3. The molecule has 0 aliphatic heterocycles. The largest absolute Gasteiger partial charge is 0.490 e. The second-order valence-electron chi connectivity index (χ2n) is 14.2. The molecule has 0 bridgehead atoms. The number of rotatable bonds is 27. The molecule has 51 heavy (non-hydrogen) atoms. The number of hydrogen-bond donors (Lipinski definition) is 2. The first kappa shape index (κ1) is 43.5. The van der Waals surface area contributed by atoms with Gasteiger partial charge in [0.05, 0.1) is 5.60 Å². The highest BCUT2D eigenvalue weighted by Gasteiger charge is 2.34. The minimum absolute atomic E-state index is 0.0944. The highest BCUT2D eigenvalue weighted by molar-refractivity contribution is 5.94. The second-order valence-corrected chi connectivity index (χ2v) is 14.2. The molecule has 2 rings (SSSR count). The predicted octanol–water partition coefficient (Wildman–Crippen LogP) is 9.47. The molecule has 2 aromatic carbocycles. The van der Waals surface area contributed by atoms with Crippen LogP contribution in [0.5, 0.6) is 5.75 Å². The van der Waals surface area contributed by atoms with E-state index in [1.54, 1.807) is 26.0 Å². The molecule has 0 radical (unpaired) electrons. The SMILES string of the molecule is CCCCCCCCCCCCCCCC(=O)OC(CC(OC(C)=O)C(C)(C)O)/C(C)=C/COc1ccc(CCNC(=O)c2ccccc2)cc1. The van der Waals surface area contributed by atoms with E-state index in [1.807, 2.05) is 55.5 Å². The summed E-state index contributed by atoms with van der Waals surface area (Å²) in [5.74, 6) is -0.222. The van der Waals surface area contributed by atoms with E-state index >= 15 is 0 Å². The van der Waals surface area contributed by atoms with E-state index in [0.29, 0.717) is 30.7 Å². The number of amides is 1. The monoisotopic (exact) mass is 707 g/mol. The zero-order valence-corrected chi connectivity index (χ0v) is 32.1. The lowest BCUT2D eigenvalue weighted by atomic mass is 9.93. The van der Waals surface area contributed by atoms with Crippen molar-refractivity contribution in [3.05, 3.63) is 77.4 Å². The van der Waals surface area contributed by atoms with Crippen LogP contribution < -0.4 is 10.1 Å². The lowest BCUT2D eigenvalue weighted by Crippen LogP contribution is -2.42. The van der Waals surface area contributed by atoms with Crippen molar-refractivity contribution in [3.8, 4) is 5.75 Å². The summed E-state index contributed by atoms with van der Waals surface area (Å²) in [6.45, 7) is 9.33. The van der Waals surface area contributed by atoms with Crippen LogP contribution in [0.15, 0.2) is 66.2 Å². The molecule has 8 nitrogen and oxygen atoms in total. The molecule has 2 unspecified atom stereocenters. The van der Waals surface area contributed by atoms with Crippen LogP contribution >= 0.6 is 0 Å². The molecule has 0 fully saturated rings. The van der Waals surface area contributed by atoms with Crippen molar-refractivity contribution in [2.45, 2.75) is 155 Å². The molecule has 0 aliphatic carbocycles. The van der Waals surface area contributed by atoms with Crippen molar-refractivity contribution in [1.29, 1.82) is 0 Å². The normalized spacial score (nSPS) is 12.9. The van der Waals surface area contributed by atoms with Gasteiger partial charge in [-0.25, -0.2) is 0 Å². The summed E-state index contributed by atoms with van der Waals surface area (Å²) in [7, 11) is 0. The van der Waals surface area contributed by atoms with Crippen molar-refractivity contribution in [2.24, 2.45) is 0 Å². The van der Waals surface area contributed by atoms with E-state index in [1.165, 1.54) is 71.1 Å². The fourth-order valence-electron chi connectivity index (χ4n) is 5.87. The standard InChI is InChI=1S/C43H65NO7/c1-6-7-8-9-10-11-12-13-14-15-16-17-21-24-41(46)51-39(33-40(43(4,5)48)50-35(3)45)34(2)30-32-49-38-27-25-36(26-28-38)29-31-44-42(47)37-22-19-18-20-23-37/h18-20,22-23,25-28,30,39-40,48H,6-17,21,24,29,31-33H2,1-5H3,(H,44,47)/b34-30+. The van der Waals surface area contributed by atoms with Crippen molar-refractivity contribution in [2.75, 3.05) is 13.2 Å². The summed E-state index contributed by atoms with van der Waals surface area (Å²) in [6.07, 6.45) is 17.4. The van der Waals surface area contributed by atoms with E-state index in [-0.39, 0.29) is 24.9 Å². The molecular weight excluding hydrogens is 642 g/mol. The molecule has 2 aromatic rings. The highest BCUT2D eigenvalue weighted by Crippen LogP contribution is 2.24. The first-order valence-electron chi connectivity index (χ1n) is 19.3. The lowest BCUT2D eigenvalue weighted by molar-refractivity contribution is -0.165. The molecule has 0 heterocycles. The van der Waals surface area contributed by atoms with Crippen LogP contribution in [0.2, 0.25) is 0 Å². The summed E-state index contributed by atoms with van der Waals surface area (Å²) in [4.78, 5) is 37.0. The Morgan fingerprint density at radius 1 is 0.784 bits per heavy atom. The quantitative estimate of drug-likeness (QED) is 0.0541. The smallest absolute Gasteiger partial charge is 0.306 e. The topological polar surface area (TPSA) is 111 Å². The number of carbonyl (C=O) groups excluding carboxylic acids is 3. The fourth-order valence-corrected chi connectivity index (χ4v) is 5.87. The third kappa shape index (κ3) is 20.1. The maximum absolute atomic E-state index is 13.0. The maximum atomic E-state index is 13.0. The Bertz CT molecular complexity index is 1280. The third-order valence-corrected chi connectivity index (χ3v) is 9.10. The average Bonchev–Trinajstić information content (AvgIpc) is 3.10. The Kier molecular flexibility index (Phi) is 21.6. The van der Waals surface area contributed by atoms with Gasteiger partial charge in [0.15, 0.2) is 0 Å². The van der Waals surface area contributed by atoms with E-state index in [0.717, 1.165) is 30.4 Å². The first-order chi connectivity index (χ1) is 24.5. The number of hydrogen-bond acceptors (Lipinski definition) is 7. The number of nitrogens with one attached hydrogen (secondary N) is 1. The van der Waals surface area contributed by atoms with Gasteiger partial charge < -0.3 is 24.6 Å². The minimum Gasteiger partial charge on any atom is -0.490 e. The Hall–Kier alpha value is -3.65. The van der Waals surface area contributed by atoms with Crippen LogP contribution in [0.25, 0.3) is 0 Å². The summed E-state index contributed by atoms with van der Waals surface area (Å²) in [6, 6.07) is 16.8. The van der Waals surface area contributed by atoms with Crippen molar-refractivity contribution < 1.29 is 33.7 Å². The number of aliphatic hydroxyl groups is 1. The zero-order chi connectivity index (χ0) is 37.3. The van der Waals surface area contributed by atoms with Gasteiger partial charge >= 0.3 is 11.9 Å². The molecule has 8 heteroatoms. The molecule has 0 saturated carbocycles. The van der Waals surface area contributed by atoms with Gasteiger partial charge in [-0.2, -0.15) is 0 Å². The van der Waals surface area contributed by atoms with Gasteiger partial charge in [-0.1, -0.05) is 114 Å². The summed E-state index contributed by atoms with van der Waals surface area (Å²) in [5, 5.41) is 13.7. The summed E-state index contributed by atoms with van der Waals surface area (Å²) in [5.41, 5.74) is 1.13. The Morgan fingerprint density at radius 3 is 1.90 bits per heavy atom. The minimum atomic E-state index is -1.33. The molecule has 0 saturated heterocycles. The predicted molar refractivity (Wildman–Crippen MR) is 205 cm³/mol. The fraction of sp³-hybridized carbons (Fsp3) is 0.605. The van der Waals surface area contributed by atoms with Gasteiger partial charge in [-0.05, 0) is 75.1 Å². The van der Waals surface area contributed by atoms with E-state index < -0.39 is 23.8 Å². The molecule has 1 amide bonds. The number of unbranched alkanes of at least 4 members (excludes halogenated alkanes) is 12. The van der Waals surface area contributed by atoms with Gasteiger partial charge in [-0.3, -0.25) is 14.4 Å². The third-order valence-electron chi connectivity index (χ3n) is 9.10. The molecular formula is C43H65NO7. The van der Waals surface area contributed by atoms with Gasteiger partial charge in [-0.15, -0.1) is 0 Å². The number of carbonyl (C=O) groups is 3. The van der Waals surface area contributed by atoms with E-state index in [9.17, 15) is 19.5 Å². The Labute approximate surface area is 307 Å². The van der Waals surface area contributed by atoms with Gasteiger partial charge in [0.2, 0.25) is 0 Å². The Morgan fingerprint density at radius 2 is 1.35 bits per heavy atom. The Balaban J connectivity index is 1.83. The van der Waals surface area contributed by atoms with Gasteiger partial charge in [0.25, 0.3) is 5.91 Å². The highest BCUT2D eigenvalue weighted by atomic mass is 16.6. The van der Waals surface area contributed by atoms with E-state index in [4.69, 9.17) is 14.2 Å². The van der Waals surface area contributed by atoms with Crippen LogP contribution in [0.3, 0.4) is 0 Å². The number of benzene rings is 2. The summed E-state index contributed by atoms with van der Waals surface area (Å²) >= 11 is 0. The number of esters is 2. The molecule has 2 atom stereocenters. The van der Waals surface area contributed by atoms with Crippen LogP contribution in [0, 0.1) is 0 Å². The van der Waals surface area contributed by atoms with Crippen LogP contribution in [0.4, 0.5) is 0 Å².